The molecule has 0 aliphatic carbocycles. The van der Waals surface area contributed by atoms with Gasteiger partial charge in [-0.1, -0.05) is 12.1 Å². The van der Waals surface area contributed by atoms with Crippen LogP contribution in [0.4, 0.5) is 5.82 Å². The van der Waals surface area contributed by atoms with Gasteiger partial charge in [0.1, 0.15) is 16.5 Å². The van der Waals surface area contributed by atoms with Crippen LogP contribution in [-0.2, 0) is 23.0 Å². The van der Waals surface area contributed by atoms with Crippen LogP contribution in [0.25, 0.3) is 0 Å². The predicted molar refractivity (Wildman–Crippen MR) is 115 cm³/mol. The third-order valence-corrected chi connectivity index (χ3v) is 8.16. The highest BCUT2D eigenvalue weighted by Crippen LogP contribution is 2.27. The molecule has 30 heavy (non-hydrogen) atoms. The lowest BCUT2D eigenvalue weighted by Crippen LogP contribution is -2.46. The Morgan fingerprint density at radius 3 is 2.50 bits per heavy atom. The molecule has 3 aliphatic rings. The Kier molecular flexibility index (Phi) is 5.39. The molecule has 1 aromatic heterocycles. The highest BCUT2D eigenvalue weighted by atomic mass is 32.2. The van der Waals surface area contributed by atoms with Gasteiger partial charge in [-0.05, 0) is 42.2 Å². The van der Waals surface area contributed by atoms with Gasteiger partial charge in [0.05, 0.1) is 6.61 Å². The molecule has 0 radical (unpaired) electrons. The lowest BCUT2D eigenvalue weighted by Gasteiger charge is -2.35. The fourth-order valence-corrected chi connectivity index (χ4v) is 5.98. The summed E-state index contributed by atoms with van der Waals surface area (Å²) in [4.78, 5) is 9.47. The molecular formula is C22H28N4O3S. The summed E-state index contributed by atoms with van der Waals surface area (Å²) in [6.07, 6.45) is 4.40. The van der Waals surface area contributed by atoms with Gasteiger partial charge in [0, 0.05) is 58.4 Å². The molecule has 0 amide bonds. The highest BCUT2D eigenvalue weighted by molar-refractivity contribution is 7.89. The van der Waals surface area contributed by atoms with Gasteiger partial charge in [-0.15, -0.1) is 0 Å². The molecule has 4 heterocycles. The number of benzene rings is 1. The first-order valence-corrected chi connectivity index (χ1v) is 12.2. The number of hydrogen-bond acceptors (Lipinski definition) is 6. The van der Waals surface area contributed by atoms with E-state index in [1.54, 1.807) is 10.4 Å². The molecule has 0 spiro atoms. The number of nitrogens with zero attached hydrogens (tertiary/aromatic N) is 4. The van der Waals surface area contributed by atoms with Crippen LogP contribution in [0, 0.1) is 0 Å². The molecule has 0 saturated carbocycles. The second-order valence-electron chi connectivity index (χ2n) is 8.27. The monoisotopic (exact) mass is 428 g/mol. The van der Waals surface area contributed by atoms with Crippen LogP contribution in [0.2, 0.25) is 0 Å². The van der Waals surface area contributed by atoms with Crippen molar-refractivity contribution in [2.75, 3.05) is 50.8 Å². The third kappa shape index (κ3) is 3.91. The zero-order valence-corrected chi connectivity index (χ0v) is 18.0. The Morgan fingerprint density at radius 1 is 0.967 bits per heavy atom. The van der Waals surface area contributed by atoms with Crippen LogP contribution < -0.4 is 9.64 Å². The molecule has 1 aromatic carbocycles. The predicted octanol–water partition coefficient (Wildman–Crippen LogP) is 2.12. The van der Waals surface area contributed by atoms with E-state index in [4.69, 9.17) is 4.74 Å². The number of pyridine rings is 1. The van der Waals surface area contributed by atoms with Crippen LogP contribution in [0.3, 0.4) is 0 Å². The summed E-state index contributed by atoms with van der Waals surface area (Å²) in [7, 11) is -3.40. The summed E-state index contributed by atoms with van der Waals surface area (Å²) in [6.45, 7) is 6.67. The average Bonchev–Trinajstić information content (AvgIpc) is 3.47. The molecule has 8 heteroatoms. The number of sulfonamides is 1. The topological polar surface area (TPSA) is 66.0 Å². The molecule has 0 N–H and O–H groups in total. The molecular weight excluding hydrogens is 400 g/mol. The van der Waals surface area contributed by atoms with E-state index in [0.717, 1.165) is 70.2 Å². The van der Waals surface area contributed by atoms with Gasteiger partial charge in [0.25, 0.3) is 0 Å². The SMILES string of the molecule is O=S(=O)(c1ccc(N2CCN(Cc3ccc4c(c3)CCO4)CC2)nc1)N1CCCC1. The third-order valence-electron chi connectivity index (χ3n) is 6.28. The van der Waals surface area contributed by atoms with Crippen molar-refractivity contribution in [2.24, 2.45) is 0 Å². The van der Waals surface area contributed by atoms with Crippen LogP contribution >= 0.6 is 0 Å². The van der Waals surface area contributed by atoms with E-state index in [1.165, 1.54) is 17.3 Å². The Morgan fingerprint density at radius 2 is 1.77 bits per heavy atom. The lowest BCUT2D eigenvalue weighted by molar-refractivity contribution is 0.249. The van der Waals surface area contributed by atoms with Crippen molar-refractivity contribution in [3.63, 3.8) is 0 Å². The maximum absolute atomic E-state index is 12.7. The van der Waals surface area contributed by atoms with Crippen LogP contribution in [-0.4, -0.2) is 68.5 Å². The number of piperazine rings is 1. The summed E-state index contributed by atoms with van der Waals surface area (Å²) in [5.74, 6) is 1.88. The minimum atomic E-state index is -3.40. The van der Waals surface area contributed by atoms with E-state index >= 15 is 0 Å². The first kappa shape index (κ1) is 19.8. The zero-order valence-electron chi connectivity index (χ0n) is 17.2. The van der Waals surface area contributed by atoms with Crippen molar-refractivity contribution < 1.29 is 13.2 Å². The molecule has 0 bridgehead atoms. The summed E-state index contributed by atoms with van der Waals surface area (Å²) in [5.41, 5.74) is 2.65. The molecule has 5 rings (SSSR count). The number of rotatable bonds is 5. The average molecular weight is 429 g/mol. The van der Waals surface area contributed by atoms with Crippen molar-refractivity contribution in [1.29, 1.82) is 0 Å². The Balaban J connectivity index is 1.18. The van der Waals surface area contributed by atoms with Gasteiger partial charge in [-0.25, -0.2) is 13.4 Å². The Hall–Kier alpha value is -2.16. The maximum Gasteiger partial charge on any atom is 0.244 e. The standard InChI is InChI=1S/C22H28N4O3S/c27-30(28,26-8-1-2-9-26)20-4-6-22(23-16-20)25-12-10-24(11-13-25)17-18-3-5-21-19(15-18)7-14-29-21/h3-6,15-16H,1-2,7-14,17H2. The van der Waals surface area contributed by atoms with E-state index in [2.05, 4.69) is 33.0 Å². The number of ether oxygens (including phenoxy) is 1. The summed E-state index contributed by atoms with van der Waals surface area (Å²) >= 11 is 0. The maximum atomic E-state index is 12.7. The van der Waals surface area contributed by atoms with Crippen LogP contribution in [0.1, 0.15) is 24.0 Å². The van der Waals surface area contributed by atoms with Crippen molar-refractivity contribution in [3.05, 3.63) is 47.7 Å². The number of hydrogen-bond donors (Lipinski definition) is 0. The molecule has 0 unspecified atom stereocenters. The number of aromatic nitrogens is 1. The molecule has 0 atom stereocenters. The van der Waals surface area contributed by atoms with E-state index < -0.39 is 10.0 Å². The first-order valence-electron chi connectivity index (χ1n) is 10.8. The number of anilines is 1. The molecule has 160 valence electrons. The molecule has 2 fully saturated rings. The quantitative estimate of drug-likeness (QED) is 0.727. The molecule has 2 saturated heterocycles. The largest absolute Gasteiger partial charge is 0.493 e. The van der Waals surface area contributed by atoms with Crippen molar-refractivity contribution in [2.45, 2.75) is 30.7 Å². The Bertz CT molecular complexity index is 996. The van der Waals surface area contributed by atoms with Crippen molar-refractivity contribution >= 4 is 15.8 Å². The van der Waals surface area contributed by atoms with E-state index in [-0.39, 0.29) is 0 Å². The van der Waals surface area contributed by atoms with Crippen molar-refractivity contribution in [3.8, 4) is 5.75 Å². The van der Waals surface area contributed by atoms with Crippen LogP contribution in [0.15, 0.2) is 41.4 Å². The molecule has 2 aromatic rings. The number of fused-ring (bicyclic) bond motifs is 1. The fourth-order valence-electron chi connectivity index (χ4n) is 4.52. The second-order valence-corrected chi connectivity index (χ2v) is 10.2. The lowest BCUT2D eigenvalue weighted by atomic mass is 10.1. The van der Waals surface area contributed by atoms with Gasteiger partial charge in [-0.3, -0.25) is 4.90 Å². The van der Waals surface area contributed by atoms with Gasteiger partial charge >= 0.3 is 0 Å². The van der Waals surface area contributed by atoms with Gasteiger partial charge in [-0.2, -0.15) is 4.31 Å². The molecule has 3 aliphatic heterocycles. The smallest absolute Gasteiger partial charge is 0.244 e. The van der Waals surface area contributed by atoms with Gasteiger partial charge in [0.15, 0.2) is 0 Å². The fraction of sp³-hybridized carbons (Fsp3) is 0.500. The van der Waals surface area contributed by atoms with E-state index in [0.29, 0.717) is 18.0 Å². The highest BCUT2D eigenvalue weighted by Gasteiger charge is 2.28. The molecule has 7 nitrogen and oxygen atoms in total. The van der Waals surface area contributed by atoms with E-state index in [1.807, 2.05) is 6.07 Å². The second kappa shape index (κ2) is 8.17. The summed E-state index contributed by atoms with van der Waals surface area (Å²) in [6, 6.07) is 10.1. The van der Waals surface area contributed by atoms with Crippen molar-refractivity contribution in [1.82, 2.24) is 14.2 Å². The Labute approximate surface area is 178 Å². The van der Waals surface area contributed by atoms with E-state index in [9.17, 15) is 8.42 Å². The summed E-state index contributed by atoms with van der Waals surface area (Å²) in [5, 5.41) is 0. The van der Waals surface area contributed by atoms with Crippen LogP contribution in [0.5, 0.6) is 5.75 Å². The first-order chi connectivity index (χ1) is 14.6. The van der Waals surface area contributed by atoms with Gasteiger partial charge < -0.3 is 9.64 Å². The minimum Gasteiger partial charge on any atom is -0.493 e. The zero-order chi connectivity index (χ0) is 20.6. The van der Waals surface area contributed by atoms with Gasteiger partial charge in [0.2, 0.25) is 10.0 Å². The minimum absolute atomic E-state index is 0.298. The summed E-state index contributed by atoms with van der Waals surface area (Å²) < 4.78 is 32.5. The normalized spacial score (nSPS) is 20.3.